The first-order valence-corrected chi connectivity index (χ1v) is 10.0. The highest BCUT2D eigenvalue weighted by Gasteiger charge is 2.55. The first-order valence-electron chi connectivity index (χ1n) is 9.63. The number of aromatic nitrogens is 2. The molecule has 3 aliphatic rings. The van der Waals surface area contributed by atoms with Crippen molar-refractivity contribution in [3.8, 4) is 5.75 Å². The third kappa shape index (κ3) is 2.96. The zero-order valence-electron chi connectivity index (χ0n) is 16.1. The maximum Gasteiger partial charge on any atom is 0.126 e. The van der Waals surface area contributed by atoms with Gasteiger partial charge in [-0.15, -0.1) is 0 Å². The van der Waals surface area contributed by atoms with Crippen LogP contribution in [0.25, 0.3) is 0 Å². The third-order valence-electron chi connectivity index (χ3n) is 6.39. The number of hydrogen-bond acceptors (Lipinski definition) is 4. The molecular formula is C21H26ClN3O2. The molecule has 0 N–H and O–H groups in total. The number of benzene rings is 1. The van der Waals surface area contributed by atoms with E-state index < -0.39 is 0 Å². The summed E-state index contributed by atoms with van der Waals surface area (Å²) in [5, 5.41) is 0.741. The fourth-order valence-corrected chi connectivity index (χ4v) is 5.32. The Morgan fingerprint density at radius 3 is 2.85 bits per heavy atom. The van der Waals surface area contributed by atoms with Gasteiger partial charge in [-0.3, -0.25) is 4.90 Å². The van der Waals surface area contributed by atoms with E-state index in [1.807, 2.05) is 36.1 Å². The minimum atomic E-state index is -0.250. The number of aryl methyl sites for hydroxylation is 1. The second-order valence-electron chi connectivity index (χ2n) is 9.11. The van der Waals surface area contributed by atoms with Gasteiger partial charge in [-0.25, -0.2) is 4.98 Å². The lowest BCUT2D eigenvalue weighted by atomic mass is 9.64. The molecule has 1 spiro atoms. The average molecular weight is 388 g/mol. The number of halogens is 1. The number of hydrogen-bond donors (Lipinski definition) is 0. The van der Waals surface area contributed by atoms with Crippen LogP contribution in [-0.4, -0.2) is 39.7 Å². The lowest BCUT2D eigenvalue weighted by Crippen LogP contribution is -2.63. The molecule has 4 heterocycles. The summed E-state index contributed by atoms with van der Waals surface area (Å²) >= 11 is 6.25. The van der Waals surface area contributed by atoms with Crippen LogP contribution in [0.5, 0.6) is 5.75 Å². The molecule has 6 heteroatoms. The summed E-state index contributed by atoms with van der Waals surface area (Å²) in [7, 11) is 2.01. The highest BCUT2D eigenvalue weighted by atomic mass is 35.5. The van der Waals surface area contributed by atoms with Crippen molar-refractivity contribution < 1.29 is 9.47 Å². The number of imidazole rings is 1. The van der Waals surface area contributed by atoms with Crippen LogP contribution in [0.15, 0.2) is 30.7 Å². The largest absolute Gasteiger partial charge is 0.487 e. The van der Waals surface area contributed by atoms with Gasteiger partial charge in [-0.2, -0.15) is 0 Å². The molecule has 2 aromatic rings. The molecule has 1 aromatic heterocycles. The van der Waals surface area contributed by atoms with Gasteiger partial charge in [0.25, 0.3) is 0 Å². The van der Waals surface area contributed by atoms with E-state index in [0.717, 1.165) is 54.7 Å². The van der Waals surface area contributed by atoms with E-state index in [1.165, 1.54) is 0 Å². The molecule has 1 aromatic carbocycles. The number of fused-ring (bicyclic) bond motifs is 3. The van der Waals surface area contributed by atoms with Crippen LogP contribution in [0.3, 0.4) is 0 Å². The Kier molecular flexibility index (Phi) is 3.87. The number of nitrogens with zero attached hydrogens (tertiary/aromatic N) is 3. The summed E-state index contributed by atoms with van der Waals surface area (Å²) in [4.78, 5) is 6.92. The van der Waals surface area contributed by atoms with Gasteiger partial charge < -0.3 is 14.0 Å². The summed E-state index contributed by atoms with van der Waals surface area (Å²) in [5.41, 5.74) is 2.21. The van der Waals surface area contributed by atoms with Crippen LogP contribution in [0.4, 0.5) is 0 Å². The quantitative estimate of drug-likeness (QED) is 0.785. The van der Waals surface area contributed by atoms with E-state index in [4.69, 9.17) is 21.1 Å². The highest BCUT2D eigenvalue weighted by Crippen LogP contribution is 2.55. The molecule has 0 bridgehead atoms. The van der Waals surface area contributed by atoms with Gasteiger partial charge >= 0.3 is 0 Å². The van der Waals surface area contributed by atoms with Crippen LogP contribution in [0, 0.1) is 11.3 Å². The van der Waals surface area contributed by atoms with Gasteiger partial charge in [0, 0.05) is 54.8 Å². The fourth-order valence-electron chi connectivity index (χ4n) is 5.14. The maximum absolute atomic E-state index is 6.47. The number of ether oxygens (including phenoxy) is 2. The molecule has 5 nitrogen and oxygen atoms in total. The Labute approximate surface area is 165 Å². The maximum atomic E-state index is 6.47. The van der Waals surface area contributed by atoms with E-state index in [1.54, 1.807) is 0 Å². The van der Waals surface area contributed by atoms with Crippen LogP contribution >= 0.6 is 11.6 Å². The molecule has 0 radical (unpaired) electrons. The van der Waals surface area contributed by atoms with Crippen LogP contribution in [0.1, 0.15) is 37.6 Å². The Bertz CT molecular complexity index is 872. The van der Waals surface area contributed by atoms with E-state index in [9.17, 15) is 0 Å². The monoisotopic (exact) mass is 387 g/mol. The van der Waals surface area contributed by atoms with Gasteiger partial charge in [0.1, 0.15) is 11.4 Å². The van der Waals surface area contributed by atoms with Gasteiger partial charge in [0.2, 0.25) is 0 Å². The zero-order valence-corrected chi connectivity index (χ0v) is 16.9. The SMILES string of the molecule is Cn1cnc(CN2CC3(CO[C@@H]4c5cc(Cl)ccc5OC(C)(C)[C@H]4C3)C2)c1. The summed E-state index contributed by atoms with van der Waals surface area (Å²) in [6.45, 7) is 8.21. The molecular weight excluding hydrogens is 362 g/mol. The molecule has 5 rings (SSSR count). The van der Waals surface area contributed by atoms with Crippen molar-refractivity contribution in [1.82, 2.24) is 14.5 Å². The van der Waals surface area contributed by atoms with Gasteiger partial charge in [-0.05, 0) is 38.5 Å². The van der Waals surface area contributed by atoms with Crippen molar-refractivity contribution in [1.29, 1.82) is 0 Å². The first kappa shape index (κ1) is 17.5. The molecule has 2 fully saturated rings. The van der Waals surface area contributed by atoms with E-state index >= 15 is 0 Å². The number of likely N-dealkylation sites (tertiary alicyclic amines) is 1. The Hall–Kier alpha value is -1.56. The molecule has 3 aliphatic heterocycles. The molecule has 2 saturated heterocycles. The lowest BCUT2D eigenvalue weighted by Gasteiger charge is -2.58. The van der Waals surface area contributed by atoms with Crippen molar-refractivity contribution in [3.63, 3.8) is 0 Å². The summed E-state index contributed by atoms with van der Waals surface area (Å²) < 4.78 is 14.8. The summed E-state index contributed by atoms with van der Waals surface area (Å²) in [5.74, 6) is 1.24. The summed E-state index contributed by atoms with van der Waals surface area (Å²) in [6.07, 6.45) is 5.15. The minimum absolute atomic E-state index is 0.0675. The van der Waals surface area contributed by atoms with Crippen molar-refractivity contribution in [2.45, 2.75) is 38.5 Å². The van der Waals surface area contributed by atoms with Gasteiger partial charge in [0.15, 0.2) is 0 Å². The molecule has 0 saturated carbocycles. The highest BCUT2D eigenvalue weighted by molar-refractivity contribution is 6.30. The fraction of sp³-hybridized carbons (Fsp3) is 0.571. The molecule has 0 unspecified atom stereocenters. The van der Waals surface area contributed by atoms with Crippen molar-refractivity contribution in [3.05, 3.63) is 47.0 Å². The van der Waals surface area contributed by atoms with Crippen LogP contribution in [0.2, 0.25) is 5.02 Å². The average Bonchev–Trinajstić information content (AvgIpc) is 2.99. The second-order valence-corrected chi connectivity index (χ2v) is 9.54. The normalized spacial score (nSPS) is 28.1. The predicted molar refractivity (Wildman–Crippen MR) is 104 cm³/mol. The lowest BCUT2D eigenvalue weighted by molar-refractivity contribution is -0.200. The van der Waals surface area contributed by atoms with E-state index in [-0.39, 0.29) is 17.1 Å². The predicted octanol–water partition coefficient (Wildman–Crippen LogP) is 3.82. The second kappa shape index (κ2) is 5.97. The van der Waals surface area contributed by atoms with E-state index in [0.29, 0.717) is 5.92 Å². The Balaban J connectivity index is 1.32. The summed E-state index contributed by atoms with van der Waals surface area (Å²) in [6, 6.07) is 5.87. The third-order valence-corrected chi connectivity index (χ3v) is 6.63. The first-order chi connectivity index (χ1) is 12.8. The van der Waals surface area contributed by atoms with Crippen molar-refractivity contribution in [2.24, 2.45) is 18.4 Å². The van der Waals surface area contributed by atoms with Gasteiger partial charge in [0.05, 0.1) is 24.7 Å². The topological polar surface area (TPSA) is 39.5 Å². The molecule has 2 atom stereocenters. The van der Waals surface area contributed by atoms with Crippen molar-refractivity contribution >= 4 is 11.6 Å². The van der Waals surface area contributed by atoms with Gasteiger partial charge in [-0.1, -0.05) is 11.6 Å². The Morgan fingerprint density at radius 2 is 2.11 bits per heavy atom. The minimum Gasteiger partial charge on any atom is -0.487 e. The molecule has 27 heavy (non-hydrogen) atoms. The molecule has 0 amide bonds. The van der Waals surface area contributed by atoms with E-state index in [2.05, 4.69) is 29.9 Å². The molecule has 144 valence electrons. The van der Waals surface area contributed by atoms with Crippen molar-refractivity contribution in [2.75, 3.05) is 19.7 Å². The zero-order chi connectivity index (χ0) is 18.8. The Morgan fingerprint density at radius 1 is 1.30 bits per heavy atom. The van der Waals surface area contributed by atoms with Crippen LogP contribution < -0.4 is 4.74 Å². The standard InChI is InChI=1S/C21H26ClN3O2/c1-20(2)17-7-21(10-25(11-21)9-15-8-24(3)13-23-15)12-26-19(17)16-6-14(22)4-5-18(16)27-20/h4-6,8,13,17,19H,7,9-12H2,1-3H3/t17-,19+/m0/s1. The molecule has 0 aliphatic carbocycles. The smallest absolute Gasteiger partial charge is 0.126 e. The number of rotatable bonds is 2. The van der Waals surface area contributed by atoms with Crippen LogP contribution in [-0.2, 0) is 18.3 Å².